The van der Waals surface area contributed by atoms with E-state index < -0.39 is 12.0 Å². The van der Waals surface area contributed by atoms with Crippen LogP contribution in [-0.2, 0) is 9.53 Å². The first kappa shape index (κ1) is 10.3. The van der Waals surface area contributed by atoms with Crippen molar-refractivity contribution >= 4 is 5.97 Å². The number of ether oxygens (including phenoxy) is 1. The standard InChI is InChI=1S/C9H10N2O3/c1-2-14-9(12)8(11-13)7-3-5-10-6-4-7/h3-6,8H,2H2,1H3. The summed E-state index contributed by atoms with van der Waals surface area (Å²) in [4.78, 5) is 25.5. The molecule has 0 saturated heterocycles. The summed E-state index contributed by atoms with van der Waals surface area (Å²) in [5, 5.41) is 2.72. The zero-order valence-electron chi connectivity index (χ0n) is 7.71. The van der Waals surface area contributed by atoms with Crippen LogP contribution in [-0.4, -0.2) is 17.6 Å². The van der Waals surface area contributed by atoms with Crippen LogP contribution in [0.5, 0.6) is 0 Å². The second-order valence-corrected chi connectivity index (χ2v) is 2.54. The normalized spacial score (nSPS) is 11.8. The maximum Gasteiger partial charge on any atom is 0.339 e. The lowest BCUT2D eigenvalue weighted by molar-refractivity contribution is -0.144. The highest BCUT2D eigenvalue weighted by Gasteiger charge is 2.22. The van der Waals surface area contributed by atoms with Gasteiger partial charge in [-0.3, -0.25) is 4.98 Å². The van der Waals surface area contributed by atoms with E-state index >= 15 is 0 Å². The molecule has 0 aliphatic carbocycles. The smallest absolute Gasteiger partial charge is 0.339 e. The monoisotopic (exact) mass is 194 g/mol. The molecule has 1 heterocycles. The molecule has 0 aromatic carbocycles. The molecule has 0 N–H and O–H groups in total. The van der Waals surface area contributed by atoms with Gasteiger partial charge < -0.3 is 4.74 Å². The van der Waals surface area contributed by atoms with Gasteiger partial charge in [-0.1, -0.05) is 0 Å². The van der Waals surface area contributed by atoms with Gasteiger partial charge in [0.2, 0.25) is 6.04 Å². The van der Waals surface area contributed by atoms with Gasteiger partial charge in [0.15, 0.2) is 0 Å². The zero-order chi connectivity index (χ0) is 10.4. The second-order valence-electron chi connectivity index (χ2n) is 2.54. The summed E-state index contributed by atoms with van der Waals surface area (Å²) in [7, 11) is 0. The molecule has 0 aliphatic heterocycles. The molecule has 74 valence electrons. The van der Waals surface area contributed by atoms with Crippen LogP contribution in [0.1, 0.15) is 18.5 Å². The first-order chi connectivity index (χ1) is 6.79. The van der Waals surface area contributed by atoms with Gasteiger partial charge in [0.05, 0.1) is 6.61 Å². The third-order valence-electron chi connectivity index (χ3n) is 1.64. The molecule has 1 rings (SSSR count). The predicted octanol–water partition coefficient (Wildman–Crippen LogP) is 1.45. The van der Waals surface area contributed by atoms with Crippen molar-refractivity contribution in [2.45, 2.75) is 13.0 Å². The summed E-state index contributed by atoms with van der Waals surface area (Å²) in [6.07, 6.45) is 2.99. The number of carbonyl (C=O) groups excluding carboxylic acids is 1. The number of nitroso groups, excluding NO2 is 1. The molecule has 0 spiro atoms. The molecule has 0 saturated carbocycles. The van der Waals surface area contributed by atoms with Gasteiger partial charge in [0.25, 0.3) is 0 Å². The molecule has 0 fully saturated rings. The summed E-state index contributed by atoms with van der Waals surface area (Å²) in [6.45, 7) is 1.91. The van der Waals surface area contributed by atoms with Gasteiger partial charge in [-0.05, 0) is 29.8 Å². The fraction of sp³-hybridized carbons (Fsp3) is 0.333. The van der Waals surface area contributed by atoms with E-state index in [1.807, 2.05) is 0 Å². The lowest BCUT2D eigenvalue weighted by Gasteiger charge is -2.07. The summed E-state index contributed by atoms with van der Waals surface area (Å²) in [6, 6.07) is 2.03. The minimum atomic E-state index is -1.09. The fourth-order valence-electron chi connectivity index (χ4n) is 1.01. The summed E-state index contributed by atoms with van der Waals surface area (Å²) >= 11 is 0. The highest BCUT2D eigenvalue weighted by Crippen LogP contribution is 2.17. The van der Waals surface area contributed by atoms with Crippen LogP contribution in [0, 0.1) is 4.91 Å². The molecule has 1 aromatic rings. The van der Waals surface area contributed by atoms with E-state index in [1.54, 1.807) is 19.1 Å². The quantitative estimate of drug-likeness (QED) is 0.537. The molecular weight excluding hydrogens is 184 g/mol. The topological polar surface area (TPSA) is 68.6 Å². The highest BCUT2D eigenvalue weighted by molar-refractivity contribution is 5.77. The third kappa shape index (κ3) is 2.35. The molecular formula is C9H10N2O3. The summed E-state index contributed by atoms with van der Waals surface area (Å²) < 4.78 is 4.70. The Bertz CT molecular complexity index is 313. The van der Waals surface area contributed by atoms with Crippen molar-refractivity contribution in [2.75, 3.05) is 6.61 Å². The Morgan fingerprint density at radius 2 is 2.21 bits per heavy atom. The number of esters is 1. The van der Waals surface area contributed by atoms with E-state index in [1.165, 1.54) is 12.4 Å². The molecule has 5 nitrogen and oxygen atoms in total. The van der Waals surface area contributed by atoms with E-state index in [2.05, 4.69) is 10.2 Å². The molecule has 1 unspecified atom stereocenters. The minimum Gasteiger partial charge on any atom is -0.464 e. The van der Waals surface area contributed by atoms with Crippen LogP contribution in [0.3, 0.4) is 0 Å². The van der Waals surface area contributed by atoms with Gasteiger partial charge in [-0.25, -0.2) is 4.79 Å². The van der Waals surface area contributed by atoms with E-state index in [0.29, 0.717) is 5.56 Å². The van der Waals surface area contributed by atoms with E-state index in [0.717, 1.165) is 0 Å². The van der Waals surface area contributed by atoms with E-state index in [9.17, 15) is 9.70 Å². The van der Waals surface area contributed by atoms with Gasteiger partial charge in [-0.15, -0.1) is 4.91 Å². The van der Waals surface area contributed by atoms with Crippen LogP contribution in [0.15, 0.2) is 29.7 Å². The third-order valence-corrected chi connectivity index (χ3v) is 1.64. The van der Waals surface area contributed by atoms with Crippen LogP contribution in [0.25, 0.3) is 0 Å². The fourth-order valence-corrected chi connectivity index (χ4v) is 1.01. The number of rotatable bonds is 4. The summed E-state index contributed by atoms with van der Waals surface area (Å²) in [5.41, 5.74) is 0.494. The Morgan fingerprint density at radius 1 is 1.57 bits per heavy atom. The number of nitrogens with zero attached hydrogens (tertiary/aromatic N) is 2. The van der Waals surface area contributed by atoms with Gasteiger partial charge in [0, 0.05) is 12.4 Å². The maximum absolute atomic E-state index is 11.2. The van der Waals surface area contributed by atoms with Gasteiger partial charge >= 0.3 is 5.97 Å². The number of carbonyl (C=O) groups is 1. The van der Waals surface area contributed by atoms with Crippen LogP contribution in [0.4, 0.5) is 0 Å². The average molecular weight is 194 g/mol. The first-order valence-corrected chi connectivity index (χ1v) is 4.18. The highest BCUT2D eigenvalue weighted by atomic mass is 16.5. The van der Waals surface area contributed by atoms with Crippen molar-refractivity contribution in [3.05, 3.63) is 35.0 Å². The molecule has 14 heavy (non-hydrogen) atoms. The molecule has 0 radical (unpaired) electrons. The largest absolute Gasteiger partial charge is 0.464 e. The van der Waals surface area contributed by atoms with Gasteiger partial charge in [0.1, 0.15) is 0 Å². The maximum atomic E-state index is 11.2. The Morgan fingerprint density at radius 3 is 2.71 bits per heavy atom. The Kier molecular flexibility index (Phi) is 3.72. The molecule has 5 heteroatoms. The number of pyridine rings is 1. The first-order valence-electron chi connectivity index (χ1n) is 4.18. The van der Waals surface area contributed by atoms with Crippen LogP contribution < -0.4 is 0 Å². The lowest BCUT2D eigenvalue weighted by atomic mass is 10.1. The van der Waals surface area contributed by atoms with Crippen molar-refractivity contribution in [2.24, 2.45) is 5.18 Å². The van der Waals surface area contributed by atoms with Crippen molar-refractivity contribution < 1.29 is 9.53 Å². The molecule has 0 amide bonds. The van der Waals surface area contributed by atoms with Crippen LogP contribution >= 0.6 is 0 Å². The number of aromatic nitrogens is 1. The SMILES string of the molecule is CCOC(=O)C(N=O)c1ccncc1. The minimum absolute atomic E-state index is 0.232. The van der Waals surface area contributed by atoms with Crippen molar-refractivity contribution in [1.82, 2.24) is 4.98 Å². The Hall–Kier alpha value is -1.78. The van der Waals surface area contributed by atoms with Crippen molar-refractivity contribution in [1.29, 1.82) is 0 Å². The lowest BCUT2D eigenvalue weighted by Crippen LogP contribution is -2.13. The Balaban J connectivity index is 2.82. The van der Waals surface area contributed by atoms with E-state index in [4.69, 9.17) is 4.74 Å². The van der Waals surface area contributed by atoms with Gasteiger partial charge in [-0.2, -0.15) is 0 Å². The number of hydrogen-bond acceptors (Lipinski definition) is 5. The molecule has 1 atom stereocenters. The van der Waals surface area contributed by atoms with E-state index in [-0.39, 0.29) is 6.61 Å². The van der Waals surface area contributed by atoms with Crippen molar-refractivity contribution in [3.8, 4) is 0 Å². The summed E-state index contributed by atoms with van der Waals surface area (Å²) in [5.74, 6) is -0.631. The van der Waals surface area contributed by atoms with Crippen LogP contribution in [0.2, 0.25) is 0 Å². The number of hydrogen-bond donors (Lipinski definition) is 0. The second kappa shape index (κ2) is 5.06. The Labute approximate surface area is 81.1 Å². The zero-order valence-corrected chi connectivity index (χ0v) is 7.71. The predicted molar refractivity (Wildman–Crippen MR) is 49.4 cm³/mol. The molecule has 0 bridgehead atoms. The average Bonchev–Trinajstić information content (AvgIpc) is 2.21. The molecule has 0 aliphatic rings. The van der Waals surface area contributed by atoms with Crippen molar-refractivity contribution in [3.63, 3.8) is 0 Å². The molecule has 1 aromatic heterocycles.